The van der Waals surface area contributed by atoms with Crippen molar-refractivity contribution in [3.63, 3.8) is 0 Å². The fraction of sp³-hybridized carbons (Fsp3) is 0.217. The molecule has 1 aliphatic heterocycles. The number of anilines is 2. The van der Waals surface area contributed by atoms with Crippen LogP contribution in [0.3, 0.4) is 0 Å². The normalized spacial score (nSPS) is 13.1. The molecule has 0 spiro atoms. The standard InChI is InChI=1S/C23H20Cl3N3O2S/c1-2-9-29-11-17-19(12-29)32-21(20(17)26)23(31)28-18-8-5-14(25)10-16(18)22(30)27-15-6-3-13(24)4-7-15/h3-8,10H,2,9,11-12H2,1H3,(H,27,30)(H,28,31). The number of fused-ring (bicyclic) bond motifs is 1. The Balaban J connectivity index is 1.54. The van der Waals surface area contributed by atoms with Crippen LogP contribution in [-0.4, -0.2) is 23.3 Å². The molecule has 0 unspecified atom stereocenters. The second-order valence-corrected chi connectivity index (χ2v) is 9.82. The second kappa shape index (κ2) is 9.81. The Morgan fingerprint density at radius 3 is 2.38 bits per heavy atom. The first-order valence-electron chi connectivity index (χ1n) is 10.1. The van der Waals surface area contributed by atoms with Crippen LogP contribution < -0.4 is 10.6 Å². The summed E-state index contributed by atoms with van der Waals surface area (Å²) >= 11 is 20.0. The van der Waals surface area contributed by atoms with E-state index in [1.165, 1.54) is 17.4 Å². The van der Waals surface area contributed by atoms with Gasteiger partial charge in [-0.1, -0.05) is 41.7 Å². The third-order valence-electron chi connectivity index (χ3n) is 5.10. The van der Waals surface area contributed by atoms with Crippen LogP contribution in [0.15, 0.2) is 42.5 Å². The summed E-state index contributed by atoms with van der Waals surface area (Å²) in [4.78, 5) is 29.8. The number of hydrogen-bond acceptors (Lipinski definition) is 4. The number of hydrogen-bond donors (Lipinski definition) is 2. The van der Waals surface area contributed by atoms with Crippen molar-refractivity contribution in [2.24, 2.45) is 0 Å². The third-order valence-corrected chi connectivity index (χ3v) is 7.33. The predicted octanol–water partition coefficient (Wildman–Crippen LogP) is 6.94. The molecule has 0 bridgehead atoms. The fourth-order valence-electron chi connectivity index (χ4n) is 3.60. The van der Waals surface area contributed by atoms with E-state index in [0.29, 0.717) is 31.3 Å². The molecule has 9 heteroatoms. The molecule has 0 fully saturated rings. The van der Waals surface area contributed by atoms with Crippen LogP contribution in [0.2, 0.25) is 15.1 Å². The Labute approximate surface area is 205 Å². The van der Waals surface area contributed by atoms with Gasteiger partial charge in [0.1, 0.15) is 4.88 Å². The highest BCUT2D eigenvalue weighted by atomic mass is 35.5. The Morgan fingerprint density at radius 1 is 0.969 bits per heavy atom. The fourth-order valence-corrected chi connectivity index (χ4v) is 5.47. The third kappa shape index (κ3) is 4.95. The van der Waals surface area contributed by atoms with E-state index >= 15 is 0 Å². The highest BCUT2D eigenvalue weighted by molar-refractivity contribution is 7.15. The summed E-state index contributed by atoms with van der Waals surface area (Å²) < 4.78 is 0. The topological polar surface area (TPSA) is 61.4 Å². The quantitative estimate of drug-likeness (QED) is 0.379. The molecule has 0 aliphatic carbocycles. The molecular formula is C23H20Cl3N3O2S. The summed E-state index contributed by atoms with van der Waals surface area (Å²) in [7, 11) is 0. The van der Waals surface area contributed by atoms with E-state index in [2.05, 4.69) is 22.5 Å². The Morgan fingerprint density at radius 2 is 1.69 bits per heavy atom. The van der Waals surface area contributed by atoms with E-state index in [-0.39, 0.29) is 11.5 Å². The number of carbonyl (C=O) groups excluding carboxylic acids is 2. The van der Waals surface area contributed by atoms with Crippen molar-refractivity contribution in [2.75, 3.05) is 17.2 Å². The lowest BCUT2D eigenvalue weighted by Crippen LogP contribution is -2.19. The number of nitrogens with one attached hydrogen (secondary N) is 2. The zero-order chi connectivity index (χ0) is 22.8. The van der Waals surface area contributed by atoms with Crippen molar-refractivity contribution < 1.29 is 9.59 Å². The van der Waals surface area contributed by atoms with Crippen LogP contribution in [0.5, 0.6) is 0 Å². The number of carbonyl (C=O) groups is 2. The van der Waals surface area contributed by atoms with Gasteiger partial charge in [-0.05, 0) is 55.4 Å². The predicted molar refractivity (Wildman–Crippen MR) is 133 cm³/mol. The van der Waals surface area contributed by atoms with Gasteiger partial charge in [-0.2, -0.15) is 0 Å². The summed E-state index contributed by atoms with van der Waals surface area (Å²) in [5.74, 6) is -0.751. The molecule has 5 nitrogen and oxygen atoms in total. The van der Waals surface area contributed by atoms with Crippen molar-refractivity contribution in [1.29, 1.82) is 0 Å². The van der Waals surface area contributed by atoms with Crippen molar-refractivity contribution >= 4 is 69.3 Å². The van der Waals surface area contributed by atoms with Gasteiger partial charge >= 0.3 is 0 Å². The molecule has 32 heavy (non-hydrogen) atoms. The molecule has 2 heterocycles. The minimum Gasteiger partial charge on any atom is -0.322 e. The second-order valence-electron chi connectivity index (χ2n) is 7.46. The van der Waals surface area contributed by atoms with E-state index in [4.69, 9.17) is 34.8 Å². The molecular weight excluding hydrogens is 489 g/mol. The maximum absolute atomic E-state index is 13.0. The zero-order valence-electron chi connectivity index (χ0n) is 17.2. The van der Waals surface area contributed by atoms with Gasteiger partial charge in [0.05, 0.1) is 16.3 Å². The summed E-state index contributed by atoms with van der Waals surface area (Å²) in [6, 6.07) is 11.5. The lowest BCUT2D eigenvalue weighted by molar-refractivity contribution is 0.102. The molecule has 3 aromatic rings. The Hall–Kier alpha value is -2.09. The van der Waals surface area contributed by atoms with Crippen LogP contribution in [0.25, 0.3) is 0 Å². The van der Waals surface area contributed by atoms with Gasteiger partial charge in [0.25, 0.3) is 11.8 Å². The van der Waals surface area contributed by atoms with Crippen molar-refractivity contribution in [1.82, 2.24) is 4.90 Å². The summed E-state index contributed by atoms with van der Waals surface area (Å²) in [5.41, 5.74) is 2.19. The zero-order valence-corrected chi connectivity index (χ0v) is 20.3. The lowest BCUT2D eigenvalue weighted by Gasteiger charge is -2.14. The Kier molecular flexibility index (Phi) is 7.08. The minimum atomic E-state index is -0.403. The van der Waals surface area contributed by atoms with E-state index < -0.39 is 5.91 Å². The van der Waals surface area contributed by atoms with E-state index in [0.717, 1.165) is 36.5 Å². The van der Waals surface area contributed by atoms with E-state index in [1.54, 1.807) is 36.4 Å². The monoisotopic (exact) mass is 507 g/mol. The molecule has 0 atom stereocenters. The van der Waals surface area contributed by atoms with Crippen LogP contribution in [0.1, 0.15) is 43.8 Å². The van der Waals surface area contributed by atoms with Crippen LogP contribution in [-0.2, 0) is 13.1 Å². The molecule has 2 N–H and O–H groups in total. The largest absolute Gasteiger partial charge is 0.322 e. The van der Waals surface area contributed by atoms with Gasteiger partial charge in [0.15, 0.2) is 0 Å². The molecule has 0 saturated carbocycles. The summed E-state index contributed by atoms with van der Waals surface area (Å²) in [6.07, 6.45) is 1.07. The SMILES string of the molecule is CCCN1Cc2sc(C(=O)Nc3ccc(Cl)cc3C(=O)Nc3ccc(Cl)cc3)c(Cl)c2C1. The summed E-state index contributed by atoms with van der Waals surface area (Å²) in [6.45, 7) is 4.69. The molecule has 0 saturated heterocycles. The van der Waals surface area contributed by atoms with Gasteiger partial charge in [-0.25, -0.2) is 0 Å². The first-order valence-corrected chi connectivity index (χ1v) is 12.0. The van der Waals surface area contributed by atoms with Crippen molar-refractivity contribution in [3.8, 4) is 0 Å². The number of amides is 2. The highest BCUT2D eigenvalue weighted by Crippen LogP contribution is 2.39. The average molecular weight is 509 g/mol. The molecule has 2 amide bonds. The van der Waals surface area contributed by atoms with Gasteiger partial charge in [-0.15, -0.1) is 11.3 Å². The highest BCUT2D eigenvalue weighted by Gasteiger charge is 2.28. The molecule has 166 valence electrons. The number of benzene rings is 2. The molecule has 1 aliphatic rings. The van der Waals surface area contributed by atoms with Gasteiger partial charge in [0.2, 0.25) is 0 Å². The number of halogens is 3. The van der Waals surface area contributed by atoms with Crippen molar-refractivity contribution in [3.05, 3.63) is 78.4 Å². The van der Waals surface area contributed by atoms with Gasteiger partial charge in [-0.3, -0.25) is 14.5 Å². The molecule has 4 rings (SSSR count). The number of rotatable bonds is 6. The first-order chi connectivity index (χ1) is 15.4. The maximum Gasteiger partial charge on any atom is 0.267 e. The van der Waals surface area contributed by atoms with Crippen molar-refractivity contribution in [2.45, 2.75) is 26.4 Å². The van der Waals surface area contributed by atoms with E-state index in [9.17, 15) is 9.59 Å². The molecule has 2 aromatic carbocycles. The summed E-state index contributed by atoms with van der Waals surface area (Å²) in [5, 5.41) is 7.05. The number of nitrogens with zero attached hydrogens (tertiary/aromatic N) is 1. The molecule has 0 radical (unpaired) electrons. The van der Waals surface area contributed by atoms with Crippen LogP contribution in [0, 0.1) is 0 Å². The first kappa shape index (κ1) is 23.1. The maximum atomic E-state index is 13.0. The smallest absolute Gasteiger partial charge is 0.267 e. The van der Waals surface area contributed by atoms with Gasteiger partial charge in [0, 0.05) is 39.3 Å². The Bertz CT molecular complexity index is 1180. The van der Waals surface area contributed by atoms with E-state index in [1.807, 2.05) is 0 Å². The molecule has 1 aromatic heterocycles. The number of thiophene rings is 1. The van der Waals surface area contributed by atoms with Crippen LogP contribution in [0.4, 0.5) is 11.4 Å². The lowest BCUT2D eigenvalue weighted by atomic mass is 10.1. The van der Waals surface area contributed by atoms with Crippen LogP contribution >= 0.6 is 46.1 Å². The minimum absolute atomic E-state index is 0.246. The average Bonchev–Trinajstić information content (AvgIpc) is 3.30. The van der Waals surface area contributed by atoms with Gasteiger partial charge < -0.3 is 10.6 Å².